The average Bonchev–Trinajstić information content (AvgIpc) is 2.78. The smallest absolute Gasteiger partial charge is 0.231 e. The first kappa shape index (κ1) is 23.2. The van der Waals surface area contributed by atoms with Gasteiger partial charge in [0.25, 0.3) is 0 Å². The Balaban J connectivity index is 1.31. The van der Waals surface area contributed by atoms with E-state index in [1.165, 1.54) is 0 Å². The van der Waals surface area contributed by atoms with Gasteiger partial charge in [0.05, 0.1) is 16.1 Å². The number of benzene rings is 1. The van der Waals surface area contributed by atoms with Gasteiger partial charge in [0.2, 0.25) is 11.8 Å². The van der Waals surface area contributed by atoms with E-state index in [0.29, 0.717) is 44.7 Å². The minimum Gasteiger partial charge on any atom is -0.353 e. The quantitative estimate of drug-likeness (QED) is 0.685. The molecule has 2 aliphatic rings. The van der Waals surface area contributed by atoms with Crippen LogP contribution in [0.15, 0.2) is 47.5 Å². The molecule has 2 aliphatic heterocycles. The maximum atomic E-state index is 13.1. The molecular weight excluding hydrogens is 442 g/mol. The zero-order valence-electron chi connectivity index (χ0n) is 18.8. The van der Waals surface area contributed by atoms with Gasteiger partial charge in [-0.25, -0.2) is 8.42 Å². The Bertz CT molecular complexity index is 1090. The molecule has 0 saturated carbocycles. The molecule has 2 amide bonds. The molecule has 9 nitrogen and oxygen atoms in total. The van der Waals surface area contributed by atoms with E-state index in [1.807, 2.05) is 24.8 Å². The van der Waals surface area contributed by atoms with Gasteiger partial charge >= 0.3 is 0 Å². The van der Waals surface area contributed by atoms with Crippen LogP contribution >= 0.6 is 0 Å². The number of nitrogens with one attached hydrogen (secondary N) is 1. The second-order valence-corrected chi connectivity index (χ2v) is 11.1. The first-order valence-electron chi connectivity index (χ1n) is 11.2. The van der Waals surface area contributed by atoms with Crippen LogP contribution in [0.3, 0.4) is 0 Å². The van der Waals surface area contributed by atoms with Gasteiger partial charge in [0.1, 0.15) is 0 Å². The Morgan fingerprint density at radius 2 is 1.73 bits per heavy atom. The number of hydrogen-bond donors (Lipinski definition) is 1. The lowest BCUT2D eigenvalue weighted by atomic mass is 9.99. The summed E-state index contributed by atoms with van der Waals surface area (Å²) in [4.78, 5) is 28.6. The van der Waals surface area contributed by atoms with Gasteiger partial charge < -0.3 is 15.1 Å². The van der Waals surface area contributed by atoms with Gasteiger partial charge in [-0.1, -0.05) is 13.8 Å². The molecule has 0 spiro atoms. The third-order valence-electron chi connectivity index (χ3n) is 6.27. The van der Waals surface area contributed by atoms with Crippen molar-refractivity contribution in [3.8, 4) is 0 Å². The molecule has 1 aromatic carbocycles. The van der Waals surface area contributed by atoms with Crippen LogP contribution in [0.25, 0.3) is 0 Å². The highest BCUT2D eigenvalue weighted by Crippen LogP contribution is 2.27. The summed E-state index contributed by atoms with van der Waals surface area (Å²) in [7, 11) is -3.49. The lowest BCUT2D eigenvalue weighted by Gasteiger charge is -2.38. The fourth-order valence-corrected chi connectivity index (χ4v) is 5.94. The average molecular weight is 472 g/mol. The zero-order valence-corrected chi connectivity index (χ0v) is 19.7. The first-order chi connectivity index (χ1) is 15.8. The summed E-state index contributed by atoms with van der Waals surface area (Å²) in [6.07, 6.45) is 2.47. The van der Waals surface area contributed by atoms with E-state index in [-0.39, 0.29) is 28.5 Å². The third-order valence-corrected chi connectivity index (χ3v) is 8.55. The van der Waals surface area contributed by atoms with Crippen molar-refractivity contribution >= 4 is 33.2 Å². The molecule has 0 radical (unpaired) electrons. The standard InChI is InChI=1S/C23H29N5O4S/c1-16(2)23(30)27-12-9-20(10-13-27)33(31,32)19-7-5-18(6-8-19)25-22(29)17-14-28(15-17)21-4-3-11-24-26-21/h3-8,11,16-17,20H,9-10,12-15H2,1-2H3,(H,25,29). The van der Waals surface area contributed by atoms with E-state index < -0.39 is 15.1 Å². The molecule has 2 fully saturated rings. The summed E-state index contributed by atoms with van der Waals surface area (Å²) < 4.78 is 26.1. The van der Waals surface area contributed by atoms with E-state index in [0.717, 1.165) is 5.82 Å². The SMILES string of the molecule is CC(C)C(=O)N1CCC(S(=O)(=O)c2ccc(NC(=O)C3CN(c4cccnn4)C3)cc2)CC1. The molecule has 0 aliphatic carbocycles. The number of aromatic nitrogens is 2. The largest absolute Gasteiger partial charge is 0.353 e. The van der Waals surface area contributed by atoms with Crippen LogP contribution in [0.1, 0.15) is 26.7 Å². The van der Waals surface area contributed by atoms with Crippen molar-refractivity contribution in [2.45, 2.75) is 36.8 Å². The number of hydrogen-bond acceptors (Lipinski definition) is 7. The van der Waals surface area contributed by atoms with E-state index in [1.54, 1.807) is 41.4 Å². The summed E-state index contributed by atoms with van der Waals surface area (Å²) in [6.45, 7) is 5.75. The third kappa shape index (κ3) is 5.00. The fraction of sp³-hybridized carbons (Fsp3) is 0.478. The summed E-state index contributed by atoms with van der Waals surface area (Å²) in [5.41, 5.74) is 0.564. The van der Waals surface area contributed by atoms with E-state index >= 15 is 0 Å². The van der Waals surface area contributed by atoms with Crippen molar-refractivity contribution in [3.05, 3.63) is 42.6 Å². The molecule has 0 atom stereocenters. The van der Waals surface area contributed by atoms with Gasteiger partial charge in [0.15, 0.2) is 15.7 Å². The number of piperidine rings is 1. The summed E-state index contributed by atoms with van der Waals surface area (Å²) in [5, 5.41) is 10.2. The molecule has 1 N–H and O–H groups in total. The number of rotatable bonds is 6. The molecule has 0 unspecified atom stereocenters. The molecule has 10 heteroatoms. The lowest BCUT2D eigenvalue weighted by Crippen LogP contribution is -2.52. The Morgan fingerprint density at radius 3 is 2.30 bits per heavy atom. The second-order valence-electron chi connectivity index (χ2n) is 8.92. The normalized spacial score (nSPS) is 17.7. The van der Waals surface area contributed by atoms with Crippen molar-refractivity contribution < 1.29 is 18.0 Å². The maximum Gasteiger partial charge on any atom is 0.231 e. The molecule has 3 heterocycles. The van der Waals surface area contributed by atoms with Gasteiger partial charge in [-0.05, 0) is 49.2 Å². The molecule has 4 rings (SSSR count). The van der Waals surface area contributed by atoms with Gasteiger partial charge in [-0.2, -0.15) is 5.10 Å². The molecule has 2 aromatic rings. The lowest BCUT2D eigenvalue weighted by molar-refractivity contribution is -0.135. The summed E-state index contributed by atoms with van der Waals surface area (Å²) >= 11 is 0. The van der Waals surface area contributed by atoms with Gasteiger partial charge in [-0.15, -0.1) is 5.10 Å². The molecule has 33 heavy (non-hydrogen) atoms. The van der Waals surface area contributed by atoms with Crippen molar-refractivity contribution in [2.24, 2.45) is 11.8 Å². The first-order valence-corrected chi connectivity index (χ1v) is 12.8. The van der Waals surface area contributed by atoms with Crippen LogP contribution in [0.5, 0.6) is 0 Å². The Hall–Kier alpha value is -3.01. The van der Waals surface area contributed by atoms with E-state index in [2.05, 4.69) is 15.5 Å². The van der Waals surface area contributed by atoms with Gasteiger partial charge in [0, 0.05) is 44.0 Å². The van der Waals surface area contributed by atoms with Crippen LogP contribution in [-0.4, -0.2) is 66.8 Å². The topological polar surface area (TPSA) is 113 Å². The highest BCUT2D eigenvalue weighted by molar-refractivity contribution is 7.92. The summed E-state index contributed by atoms with van der Waals surface area (Å²) in [6, 6.07) is 10.0. The Morgan fingerprint density at radius 1 is 1.06 bits per heavy atom. The summed E-state index contributed by atoms with van der Waals surface area (Å²) in [5.74, 6) is 0.464. The minimum atomic E-state index is -3.49. The number of likely N-dealkylation sites (tertiary alicyclic amines) is 1. The van der Waals surface area contributed by atoms with Crippen molar-refractivity contribution in [1.82, 2.24) is 15.1 Å². The Kier molecular flexibility index (Phi) is 6.64. The number of carbonyl (C=O) groups is 2. The molecule has 0 bridgehead atoms. The van der Waals surface area contributed by atoms with E-state index in [4.69, 9.17) is 0 Å². The van der Waals surface area contributed by atoms with Crippen LogP contribution in [-0.2, 0) is 19.4 Å². The van der Waals surface area contributed by atoms with Crippen molar-refractivity contribution in [3.63, 3.8) is 0 Å². The number of amides is 2. The highest BCUT2D eigenvalue weighted by Gasteiger charge is 2.35. The zero-order chi connectivity index (χ0) is 23.6. The second kappa shape index (κ2) is 9.46. The number of carbonyl (C=O) groups excluding carboxylic acids is 2. The molecule has 176 valence electrons. The molecule has 2 saturated heterocycles. The minimum absolute atomic E-state index is 0.0669. The number of anilines is 2. The van der Waals surface area contributed by atoms with Crippen LogP contribution < -0.4 is 10.2 Å². The number of sulfone groups is 1. The monoisotopic (exact) mass is 471 g/mol. The van der Waals surface area contributed by atoms with Gasteiger partial charge in [-0.3, -0.25) is 9.59 Å². The van der Waals surface area contributed by atoms with Crippen molar-refractivity contribution in [2.75, 3.05) is 36.4 Å². The highest BCUT2D eigenvalue weighted by atomic mass is 32.2. The predicted molar refractivity (Wildman–Crippen MR) is 124 cm³/mol. The van der Waals surface area contributed by atoms with Crippen LogP contribution in [0, 0.1) is 11.8 Å². The predicted octanol–water partition coefficient (Wildman–Crippen LogP) is 1.97. The van der Waals surface area contributed by atoms with Crippen molar-refractivity contribution in [1.29, 1.82) is 0 Å². The van der Waals surface area contributed by atoms with Crippen LogP contribution in [0.2, 0.25) is 0 Å². The van der Waals surface area contributed by atoms with Crippen LogP contribution in [0.4, 0.5) is 11.5 Å². The number of nitrogens with zero attached hydrogens (tertiary/aromatic N) is 4. The fourth-order valence-electron chi connectivity index (χ4n) is 4.21. The Labute approximate surface area is 194 Å². The molecular formula is C23H29N5O4S. The molecule has 1 aromatic heterocycles. The maximum absolute atomic E-state index is 13.1. The van der Waals surface area contributed by atoms with E-state index in [9.17, 15) is 18.0 Å².